The van der Waals surface area contributed by atoms with Crippen LogP contribution in [-0.4, -0.2) is 18.6 Å². The van der Waals surface area contributed by atoms with E-state index in [1.165, 1.54) is 5.56 Å². The van der Waals surface area contributed by atoms with Gasteiger partial charge in [-0.25, -0.2) is 4.98 Å². The van der Waals surface area contributed by atoms with Gasteiger partial charge in [0.2, 0.25) is 0 Å². The molecule has 0 aliphatic rings. The number of nitrogens with zero attached hydrogens (tertiary/aromatic N) is 2. The maximum Gasteiger partial charge on any atom is 0.163 e. The van der Waals surface area contributed by atoms with Gasteiger partial charge in [-0.3, -0.25) is 0 Å². The predicted octanol–water partition coefficient (Wildman–Crippen LogP) is 2.62. The number of ether oxygens (including phenoxy) is 1. The van der Waals surface area contributed by atoms with Crippen LogP contribution in [0.4, 0.5) is 5.69 Å². The standard InChI is InChI=1S/C15H15N3O/c1-19-13-5-2-4-12(10-13)7-9-18-14-6-3-8-17-15(14)11-16/h2-6,8,10,18H,7,9H2,1H3. The molecule has 0 saturated carbocycles. The number of pyridine rings is 1. The van der Waals surface area contributed by atoms with E-state index in [0.29, 0.717) is 5.69 Å². The summed E-state index contributed by atoms with van der Waals surface area (Å²) in [5, 5.41) is 12.2. The van der Waals surface area contributed by atoms with Gasteiger partial charge in [0.15, 0.2) is 5.69 Å². The quantitative estimate of drug-likeness (QED) is 0.889. The first-order valence-electron chi connectivity index (χ1n) is 6.05. The van der Waals surface area contributed by atoms with E-state index in [0.717, 1.165) is 24.4 Å². The van der Waals surface area contributed by atoms with Gasteiger partial charge in [-0.05, 0) is 36.2 Å². The minimum atomic E-state index is 0.424. The molecule has 0 amide bonds. The Hall–Kier alpha value is -2.54. The zero-order valence-electron chi connectivity index (χ0n) is 10.8. The number of nitriles is 1. The van der Waals surface area contributed by atoms with Crippen molar-refractivity contribution < 1.29 is 4.74 Å². The molecule has 1 N–H and O–H groups in total. The Bertz CT molecular complexity index is 590. The molecule has 0 aliphatic heterocycles. The molecule has 1 aromatic heterocycles. The van der Waals surface area contributed by atoms with E-state index in [1.54, 1.807) is 13.3 Å². The van der Waals surface area contributed by atoms with E-state index in [1.807, 2.05) is 30.3 Å². The average Bonchev–Trinajstić information content (AvgIpc) is 2.48. The molecular formula is C15H15N3O. The van der Waals surface area contributed by atoms with Crippen LogP contribution in [0.5, 0.6) is 5.75 Å². The van der Waals surface area contributed by atoms with Crippen molar-refractivity contribution in [3.63, 3.8) is 0 Å². The van der Waals surface area contributed by atoms with Gasteiger partial charge in [0.25, 0.3) is 0 Å². The van der Waals surface area contributed by atoms with Crippen molar-refractivity contribution in [2.24, 2.45) is 0 Å². The summed E-state index contributed by atoms with van der Waals surface area (Å²) in [6, 6.07) is 13.7. The Balaban J connectivity index is 1.94. The van der Waals surface area contributed by atoms with E-state index in [-0.39, 0.29) is 0 Å². The monoisotopic (exact) mass is 253 g/mol. The van der Waals surface area contributed by atoms with Gasteiger partial charge in [0.05, 0.1) is 12.8 Å². The SMILES string of the molecule is COc1cccc(CCNc2cccnc2C#N)c1. The first kappa shape index (κ1) is 12.9. The average molecular weight is 253 g/mol. The molecule has 0 aliphatic carbocycles. The summed E-state index contributed by atoms with van der Waals surface area (Å²) in [5.74, 6) is 0.858. The Morgan fingerprint density at radius 3 is 3.00 bits per heavy atom. The van der Waals surface area contributed by atoms with Crippen LogP contribution < -0.4 is 10.1 Å². The van der Waals surface area contributed by atoms with Crippen LogP contribution in [0.3, 0.4) is 0 Å². The largest absolute Gasteiger partial charge is 0.497 e. The minimum Gasteiger partial charge on any atom is -0.497 e. The third-order valence-corrected chi connectivity index (χ3v) is 2.78. The second kappa shape index (κ2) is 6.41. The molecule has 0 fully saturated rings. The van der Waals surface area contributed by atoms with Crippen molar-refractivity contribution in [2.75, 3.05) is 19.0 Å². The van der Waals surface area contributed by atoms with Crippen LogP contribution in [0.2, 0.25) is 0 Å². The molecule has 1 aromatic carbocycles. The molecule has 0 bridgehead atoms. The Kier molecular flexibility index (Phi) is 4.35. The molecule has 0 radical (unpaired) electrons. The topological polar surface area (TPSA) is 57.9 Å². The number of rotatable bonds is 5. The lowest BCUT2D eigenvalue weighted by Crippen LogP contribution is -2.06. The predicted molar refractivity (Wildman–Crippen MR) is 74.1 cm³/mol. The zero-order valence-corrected chi connectivity index (χ0v) is 10.8. The number of methoxy groups -OCH3 is 1. The number of aromatic nitrogens is 1. The molecule has 0 spiro atoms. The molecule has 2 aromatic rings. The number of hydrogen-bond acceptors (Lipinski definition) is 4. The third-order valence-electron chi connectivity index (χ3n) is 2.78. The number of nitrogens with one attached hydrogen (secondary N) is 1. The maximum absolute atomic E-state index is 8.93. The Morgan fingerprint density at radius 1 is 1.32 bits per heavy atom. The number of hydrogen-bond donors (Lipinski definition) is 1. The van der Waals surface area contributed by atoms with Crippen molar-refractivity contribution in [3.8, 4) is 11.8 Å². The summed E-state index contributed by atoms with van der Waals surface area (Å²) in [7, 11) is 1.66. The number of anilines is 1. The number of benzene rings is 1. The molecule has 19 heavy (non-hydrogen) atoms. The first-order valence-corrected chi connectivity index (χ1v) is 6.05. The molecule has 2 rings (SSSR count). The molecule has 0 unspecified atom stereocenters. The van der Waals surface area contributed by atoms with Gasteiger partial charge < -0.3 is 10.1 Å². The smallest absolute Gasteiger partial charge is 0.163 e. The van der Waals surface area contributed by atoms with Crippen LogP contribution in [0, 0.1) is 11.3 Å². The van der Waals surface area contributed by atoms with Crippen molar-refractivity contribution in [1.29, 1.82) is 5.26 Å². The fraction of sp³-hybridized carbons (Fsp3) is 0.200. The summed E-state index contributed by atoms with van der Waals surface area (Å²) >= 11 is 0. The van der Waals surface area contributed by atoms with Gasteiger partial charge in [-0.2, -0.15) is 5.26 Å². The molecule has 0 atom stereocenters. The molecule has 96 valence electrons. The van der Waals surface area contributed by atoms with Crippen LogP contribution in [-0.2, 0) is 6.42 Å². The van der Waals surface area contributed by atoms with E-state index in [9.17, 15) is 0 Å². The van der Waals surface area contributed by atoms with Crippen molar-refractivity contribution in [3.05, 3.63) is 53.9 Å². The van der Waals surface area contributed by atoms with Crippen LogP contribution in [0.25, 0.3) is 0 Å². The molecule has 4 heteroatoms. The maximum atomic E-state index is 8.93. The normalized spacial score (nSPS) is 9.68. The van der Waals surface area contributed by atoms with Gasteiger partial charge in [0, 0.05) is 12.7 Å². The Labute approximate surface area is 112 Å². The fourth-order valence-corrected chi connectivity index (χ4v) is 1.81. The van der Waals surface area contributed by atoms with E-state index >= 15 is 0 Å². The molecular weight excluding hydrogens is 238 g/mol. The summed E-state index contributed by atoms with van der Waals surface area (Å²) in [5.41, 5.74) is 2.38. The van der Waals surface area contributed by atoms with Crippen LogP contribution >= 0.6 is 0 Å². The van der Waals surface area contributed by atoms with Gasteiger partial charge in [-0.15, -0.1) is 0 Å². The lowest BCUT2D eigenvalue weighted by molar-refractivity contribution is 0.414. The summed E-state index contributed by atoms with van der Waals surface area (Å²) < 4.78 is 5.18. The lowest BCUT2D eigenvalue weighted by atomic mass is 10.1. The second-order valence-electron chi connectivity index (χ2n) is 4.04. The molecule has 1 heterocycles. The van der Waals surface area contributed by atoms with Gasteiger partial charge in [-0.1, -0.05) is 12.1 Å². The highest BCUT2D eigenvalue weighted by atomic mass is 16.5. The van der Waals surface area contributed by atoms with Gasteiger partial charge in [0.1, 0.15) is 11.8 Å². The van der Waals surface area contributed by atoms with Crippen LogP contribution in [0.15, 0.2) is 42.6 Å². The zero-order chi connectivity index (χ0) is 13.5. The third kappa shape index (κ3) is 3.46. The van der Waals surface area contributed by atoms with Crippen LogP contribution in [0.1, 0.15) is 11.3 Å². The van der Waals surface area contributed by atoms with E-state index in [4.69, 9.17) is 10.00 Å². The fourth-order valence-electron chi connectivity index (χ4n) is 1.81. The summed E-state index contributed by atoms with van der Waals surface area (Å²) in [4.78, 5) is 4.01. The van der Waals surface area contributed by atoms with Crippen molar-refractivity contribution >= 4 is 5.69 Å². The second-order valence-corrected chi connectivity index (χ2v) is 4.04. The summed E-state index contributed by atoms with van der Waals surface area (Å²) in [6.07, 6.45) is 2.47. The van der Waals surface area contributed by atoms with E-state index in [2.05, 4.69) is 22.4 Å². The molecule has 4 nitrogen and oxygen atoms in total. The Morgan fingerprint density at radius 2 is 2.21 bits per heavy atom. The summed E-state index contributed by atoms with van der Waals surface area (Å²) in [6.45, 7) is 0.744. The first-order chi connectivity index (χ1) is 9.33. The highest BCUT2D eigenvalue weighted by Crippen LogP contribution is 2.14. The minimum absolute atomic E-state index is 0.424. The lowest BCUT2D eigenvalue weighted by Gasteiger charge is -2.08. The molecule has 0 saturated heterocycles. The highest BCUT2D eigenvalue weighted by molar-refractivity contribution is 5.53. The highest BCUT2D eigenvalue weighted by Gasteiger charge is 2.01. The van der Waals surface area contributed by atoms with E-state index < -0.39 is 0 Å². The van der Waals surface area contributed by atoms with Crippen molar-refractivity contribution in [2.45, 2.75) is 6.42 Å². The van der Waals surface area contributed by atoms with Crippen molar-refractivity contribution in [1.82, 2.24) is 4.98 Å². The van der Waals surface area contributed by atoms with Gasteiger partial charge >= 0.3 is 0 Å².